The molecule has 0 spiro atoms. The van der Waals surface area contributed by atoms with Gasteiger partial charge in [-0.1, -0.05) is 42.5 Å². The van der Waals surface area contributed by atoms with Crippen molar-refractivity contribution in [2.75, 3.05) is 13.1 Å². The van der Waals surface area contributed by atoms with Gasteiger partial charge in [0, 0.05) is 13.1 Å². The number of likely N-dealkylation sites (tertiary alicyclic amines) is 1. The number of nitriles is 1. The Morgan fingerprint density at radius 1 is 1.03 bits per heavy atom. The molecule has 2 aromatic carbocycles. The van der Waals surface area contributed by atoms with E-state index >= 15 is 0 Å². The molecule has 1 fully saturated rings. The van der Waals surface area contributed by atoms with Crippen LogP contribution >= 0.6 is 0 Å². The Kier molecular flexibility index (Phi) is 6.13. The summed E-state index contributed by atoms with van der Waals surface area (Å²) in [5.74, 6) is -0.261. The highest BCUT2D eigenvalue weighted by molar-refractivity contribution is 5.91. The Hall–Kier alpha value is -3.85. The Morgan fingerprint density at radius 3 is 2.45 bits per heavy atom. The van der Waals surface area contributed by atoms with Gasteiger partial charge in [-0.3, -0.25) is 9.59 Å². The second-order valence-electron chi connectivity index (χ2n) is 7.51. The molecule has 0 saturated carbocycles. The third-order valence-electron chi connectivity index (χ3n) is 5.54. The Morgan fingerprint density at radius 2 is 1.77 bits per heavy atom. The maximum atomic E-state index is 12.5. The third kappa shape index (κ3) is 4.67. The second-order valence-corrected chi connectivity index (χ2v) is 7.51. The fourth-order valence-corrected chi connectivity index (χ4v) is 3.76. The summed E-state index contributed by atoms with van der Waals surface area (Å²) >= 11 is 0. The average molecular weight is 414 g/mol. The first-order valence-electron chi connectivity index (χ1n) is 10.2. The zero-order chi connectivity index (χ0) is 21.6. The predicted molar refractivity (Wildman–Crippen MR) is 114 cm³/mol. The number of rotatable bonds is 5. The van der Waals surface area contributed by atoms with Crippen LogP contribution in [-0.4, -0.2) is 29.9 Å². The van der Waals surface area contributed by atoms with Crippen molar-refractivity contribution in [2.24, 2.45) is 5.92 Å². The zero-order valence-electron chi connectivity index (χ0n) is 17.0. The minimum absolute atomic E-state index is 0.144. The van der Waals surface area contributed by atoms with E-state index in [9.17, 15) is 14.9 Å². The van der Waals surface area contributed by atoms with E-state index in [4.69, 9.17) is 9.15 Å². The van der Waals surface area contributed by atoms with E-state index in [1.807, 2.05) is 42.5 Å². The first-order chi connectivity index (χ1) is 15.2. The van der Waals surface area contributed by atoms with Gasteiger partial charge in [0.25, 0.3) is 5.91 Å². The topological polar surface area (TPSA) is 83.5 Å². The molecule has 2 heterocycles. The predicted octanol–water partition coefficient (Wildman–Crippen LogP) is 4.41. The van der Waals surface area contributed by atoms with Gasteiger partial charge in [-0.05, 0) is 47.7 Å². The highest BCUT2D eigenvalue weighted by Crippen LogP contribution is 2.24. The van der Waals surface area contributed by atoms with Crippen molar-refractivity contribution in [1.82, 2.24) is 4.90 Å². The largest absolute Gasteiger partial charge is 0.461 e. The quantitative estimate of drug-likeness (QED) is 0.577. The second kappa shape index (κ2) is 9.31. The van der Waals surface area contributed by atoms with Gasteiger partial charge >= 0.3 is 5.97 Å². The molecule has 0 atom stereocenters. The molecule has 1 aliphatic rings. The Balaban J connectivity index is 1.28. The van der Waals surface area contributed by atoms with Crippen LogP contribution in [0.3, 0.4) is 0 Å². The number of benzene rings is 2. The third-order valence-corrected chi connectivity index (χ3v) is 5.54. The molecule has 31 heavy (non-hydrogen) atoms. The smallest absolute Gasteiger partial charge is 0.309 e. The number of amides is 1. The van der Waals surface area contributed by atoms with Crippen molar-refractivity contribution in [1.29, 1.82) is 5.26 Å². The number of hydrogen-bond acceptors (Lipinski definition) is 5. The molecule has 0 aliphatic carbocycles. The van der Waals surface area contributed by atoms with Crippen LogP contribution in [0.5, 0.6) is 0 Å². The molecule has 1 aromatic heterocycles. The SMILES string of the molecule is N#Cc1ccccc1-c1ccc(COC(=O)C2CCN(C(=O)c3ccco3)CC2)cc1. The van der Waals surface area contributed by atoms with Crippen LogP contribution < -0.4 is 0 Å². The van der Waals surface area contributed by atoms with Crippen LogP contribution in [0.1, 0.15) is 34.5 Å². The summed E-state index contributed by atoms with van der Waals surface area (Å²) in [6.07, 6.45) is 2.64. The molecule has 0 unspecified atom stereocenters. The molecule has 0 N–H and O–H groups in total. The summed E-state index contributed by atoms with van der Waals surface area (Å²) in [7, 11) is 0. The van der Waals surface area contributed by atoms with Crippen LogP contribution in [0.2, 0.25) is 0 Å². The van der Waals surface area contributed by atoms with E-state index in [2.05, 4.69) is 6.07 Å². The van der Waals surface area contributed by atoms with Crippen LogP contribution in [0.4, 0.5) is 0 Å². The fraction of sp³-hybridized carbons (Fsp3) is 0.240. The number of carbonyl (C=O) groups excluding carboxylic acids is 2. The lowest BCUT2D eigenvalue weighted by Crippen LogP contribution is -2.40. The summed E-state index contributed by atoms with van der Waals surface area (Å²) in [4.78, 5) is 26.5. The fourth-order valence-electron chi connectivity index (χ4n) is 3.76. The van der Waals surface area contributed by atoms with Gasteiger partial charge in [-0.25, -0.2) is 0 Å². The van der Waals surface area contributed by atoms with Crippen molar-refractivity contribution < 1.29 is 18.7 Å². The monoisotopic (exact) mass is 414 g/mol. The van der Waals surface area contributed by atoms with E-state index in [0.717, 1.165) is 16.7 Å². The minimum Gasteiger partial charge on any atom is -0.461 e. The van der Waals surface area contributed by atoms with Gasteiger partial charge in [0.05, 0.1) is 23.8 Å². The number of furan rings is 1. The van der Waals surface area contributed by atoms with Crippen LogP contribution in [0.15, 0.2) is 71.3 Å². The maximum absolute atomic E-state index is 12.5. The highest BCUT2D eigenvalue weighted by Gasteiger charge is 2.29. The minimum atomic E-state index is -0.232. The van der Waals surface area contributed by atoms with Gasteiger partial charge in [0.1, 0.15) is 6.61 Å². The Labute approximate surface area is 180 Å². The van der Waals surface area contributed by atoms with Crippen LogP contribution in [0, 0.1) is 17.2 Å². The molecular weight excluding hydrogens is 392 g/mol. The first kappa shape index (κ1) is 20.4. The summed E-state index contributed by atoms with van der Waals surface area (Å²) in [6.45, 7) is 1.21. The van der Waals surface area contributed by atoms with E-state index in [-0.39, 0.29) is 24.4 Å². The van der Waals surface area contributed by atoms with Gasteiger partial charge in [0.2, 0.25) is 0 Å². The lowest BCUT2D eigenvalue weighted by atomic mass is 9.97. The van der Waals surface area contributed by atoms with E-state index < -0.39 is 0 Å². The van der Waals surface area contributed by atoms with Crippen molar-refractivity contribution >= 4 is 11.9 Å². The molecule has 156 valence electrons. The van der Waals surface area contributed by atoms with Gasteiger partial charge in [0.15, 0.2) is 5.76 Å². The molecule has 1 amide bonds. The standard InChI is InChI=1S/C25H22N2O4/c26-16-21-4-1-2-5-22(21)19-9-7-18(8-10-19)17-31-25(29)20-11-13-27(14-12-20)24(28)23-6-3-15-30-23/h1-10,15,20H,11-14,17H2. The number of ether oxygens (including phenoxy) is 1. The first-order valence-corrected chi connectivity index (χ1v) is 10.2. The summed E-state index contributed by atoms with van der Waals surface area (Å²) < 4.78 is 10.7. The molecule has 4 rings (SSSR count). The van der Waals surface area contributed by atoms with Crippen molar-refractivity contribution in [3.05, 3.63) is 83.8 Å². The number of esters is 1. The van der Waals surface area contributed by atoms with E-state index in [0.29, 0.717) is 37.3 Å². The summed E-state index contributed by atoms with van der Waals surface area (Å²) in [5.41, 5.74) is 3.33. The number of hydrogen-bond donors (Lipinski definition) is 0. The molecule has 6 nitrogen and oxygen atoms in total. The average Bonchev–Trinajstić information content (AvgIpc) is 3.37. The van der Waals surface area contributed by atoms with E-state index in [1.165, 1.54) is 6.26 Å². The molecule has 1 saturated heterocycles. The van der Waals surface area contributed by atoms with Crippen LogP contribution in [-0.2, 0) is 16.1 Å². The molecule has 3 aromatic rings. The molecule has 6 heteroatoms. The van der Waals surface area contributed by atoms with Crippen molar-refractivity contribution in [3.63, 3.8) is 0 Å². The molecule has 0 radical (unpaired) electrons. The maximum Gasteiger partial charge on any atom is 0.309 e. The Bertz CT molecular complexity index is 1090. The molecular formula is C25H22N2O4. The molecule has 0 bridgehead atoms. The number of piperidine rings is 1. The van der Waals surface area contributed by atoms with E-state index in [1.54, 1.807) is 23.1 Å². The lowest BCUT2D eigenvalue weighted by molar-refractivity contribution is -0.151. The number of carbonyl (C=O) groups is 2. The lowest BCUT2D eigenvalue weighted by Gasteiger charge is -2.30. The van der Waals surface area contributed by atoms with Gasteiger partial charge < -0.3 is 14.1 Å². The normalized spacial score (nSPS) is 14.1. The van der Waals surface area contributed by atoms with Crippen molar-refractivity contribution in [3.8, 4) is 17.2 Å². The van der Waals surface area contributed by atoms with Crippen LogP contribution in [0.25, 0.3) is 11.1 Å². The van der Waals surface area contributed by atoms with Gasteiger partial charge in [-0.2, -0.15) is 5.26 Å². The highest BCUT2D eigenvalue weighted by atomic mass is 16.5. The molecule has 1 aliphatic heterocycles. The summed E-state index contributed by atoms with van der Waals surface area (Å²) in [5, 5.41) is 9.26. The summed E-state index contributed by atoms with van der Waals surface area (Å²) in [6, 6.07) is 20.6. The van der Waals surface area contributed by atoms with Crippen molar-refractivity contribution in [2.45, 2.75) is 19.4 Å². The van der Waals surface area contributed by atoms with Gasteiger partial charge in [-0.15, -0.1) is 0 Å². The number of nitrogens with zero attached hydrogens (tertiary/aromatic N) is 2. The zero-order valence-corrected chi connectivity index (χ0v) is 17.0.